The quantitative estimate of drug-likeness (QED) is 0.646. The van der Waals surface area contributed by atoms with Gasteiger partial charge in [-0.2, -0.15) is 0 Å². The van der Waals surface area contributed by atoms with Crippen LogP contribution in [0.2, 0.25) is 0 Å². The molecule has 0 fully saturated rings. The maximum absolute atomic E-state index is 12.2. The van der Waals surface area contributed by atoms with Crippen molar-refractivity contribution in [2.45, 2.75) is 0 Å². The smallest absolute Gasteiger partial charge is 0.300 e. The molecule has 0 aliphatic carbocycles. The minimum Gasteiger partial charge on any atom is -0.373 e. The van der Waals surface area contributed by atoms with Crippen LogP contribution in [-0.2, 0) is 0 Å². The molecule has 2 heterocycles. The van der Waals surface area contributed by atoms with E-state index in [9.17, 15) is 14.9 Å². The van der Waals surface area contributed by atoms with Crippen LogP contribution >= 0.6 is 15.9 Å². The number of halogens is 1. The molecule has 0 saturated carbocycles. The predicted molar refractivity (Wildman–Crippen MR) is 80.3 cm³/mol. The standard InChI is InChI=1S/C12H10BrN5O3/c1-14-11-4-7(10(6-16-11)18(20)21)12(19)17-9-2-3-15-5-8(9)13/h2-6H,1H3,(H,14,16)(H,15,17,19). The van der Waals surface area contributed by atoms with Crippen LogP contribution in [0, 0.1) is 10.1 Å². The van der Waals surface area contributed by atoms with Crippen LogP contribution in [0.15, 0.2) is 35.2 Å². The average molecular weight is 352 g/mol. The van der Waals surface area contributed by atoms with E-state index in [1.54, 1.807) is 13.1 Å². The van der Waals surface area contributed by atoms with Gasteiger partial charge in [0.2, 0.25) is 0 Å². The zero-order valence-electron chi connectivity index (χ0n) is 10.8. The van der Waals surface area contributed by atoms with Crippen LogP contribution in [0.3, 0.4) is 0 Å². The monoisotopic (exact) mass is 351 g/mol. The van der Waals surface area contributed by atoms with Crippen molar-refractivity contribution in [3.05, 3.63) is 50.9 Å². The molecule has 0 atom stereocenters. The summed E-state index contributed by atoms with van der Waals surface area (Å²) >= 11 is 3.24. The molecule has 0 spiro atoms. The minimum atomic E-state index is -0.650. The normalized spacial score (nSPS) is 10.0. The lowest BCUT2D eigenvalue weighted by molar-refractivity contribution is -0.385. The first-order valence-electron chi connectivity index (χ1n) is 5.76. The van der Waals surface area contributed by atoms with Gasteiger partial charge < -0.3 is 10.6 Å². The average Bonchev–Trinajstić information content (AvgIpc) is 2.48. The van der Waals surface area contributed by atoms with Gasteiger partial charge in [-0.1, -0.05) is 0 Å². The topological polar surface area (TPSA) is 110 Å². The third-order valence-electron chi connectivity index (χ3n) is 2.60. The summed E-state index contributed by atoms with van der Waals surface area (Å²) in [6.45, 7) is 0. The van der Waals surface area contributed by atoms with Crippen molar-refractivity contribution in [1.82, 2.24) is 9.97 Å². The van der Waals surface area contributed by atoms with Crippen molar-refractivity contribution in [2.24, 2.45) is 0 Å². The molecule has 0 bridgehead atoms. The first kappa shape index (κ1) is 14.9. The zero-order valence-corrected chi connectivity index (χ0v) is 12.4. The number of amides is 1. The summed E-state index contributed by atoms with van der Waals surface area (Å²) in [6, 6.07) is 2.90. The number of hydrogen-bond donors (Lipinski definition) is 2. The molecule has 0 radical (unpaired) electrons. The van der Waals surface area contributed by atoms with E-state index in [2.05, 4.69) is 36.5 Å². The van der Waals surface area contributed by atoms with E-state index in [1.165, 1.54) is 18.5 Å². The van der Waals surface area contributed by atoms with Gasteiger partial charge in [0.25, 0.3) is 11.6 Å². The SMILES string of the molecule is CNc1cc(C(=O)Nc2ccncc2Br)c([N+](=O)[O-])cn1. The Morgan fingerprint density at radius 2 is 2.19 bits per heavy atom. The molecule has 0 unspecified atom stereocenters. The van der Waals surface area contributed by atoms with Gasteiger partial charge in [-0.05, 0) is 22.0 Å². The van der Waals surface area contributed by atoms with E-state index in [-0.39, 0.29) is 11.3 Å². The van der Waals surface area contributed by atoms with Crippen molar-refractivity contribution in [1.29, 1.82) is 0 Å². The van der Waals surface area contributed by atoms with Gasteiger partial charge in [0, 0.05) is 25.5 Å². The zero-order chi connectivity index (χ0) is 15.4. The minimum absolute atomic E-state index is 0.0805. The maximum atomic E-state index is 12.2. The molecular weight excluding hydrogens is 342 g/mol. The second kappa shape index (κ2) is 6.27. The molecule has 1 amide bonds. The second-order valence-electron chi connectivity index (χ2n) is 3.90. The molecule has 2 N–H and O–H groups in total. The molecule has 8 nitrogen and oxygen atoms in total. The van der Waals surface area contributed by atoms with Gasteiger partial charge in [0.1, 0.15) is 17.6 Å². The number of pyridine rings is 2. The molecule has 108 valence electrons. The fourth-order valence-electron chi connectivity index (χ4n) is 1.58. The van der Waals surface area contributed by atoms with E-state index < -0.39 is 10.8 Å². The van der Waals surface area contributed by atoms with Gasteiger partial charge in [0.05, 0.1) is 15.1 Å². The summed E-state index contributed by atoms with van der Waals surface area (Å²) in [4.78, 5) is 30.3. The lowest BCUT2D eigenvalue weighted by atomic mass is 10.2. The molecule has 0 aliphatic heterocycles. The number of nitrogens with zero attached hydrogens (tertiary/aromatic N) is 3. The molecule has 0 saturated heterocycles. The molecule has 9 heteroatoms. The lowest BCUT2D eigenvalue weighted by Gasteiger charge is -2.08. The van der Waals surface area contributed by atoms with Crippen LogP contribution in [0.4, 0.5) is 17.2 Å². The van der Waals surface area contributed by atoms with Crippen LogP contribution in [-0.4, -0.2) is 27.8 Å². The third kappa shape index (κ3) is 3.31. The number of anilines is 2. The van der Waals surface area contributed by atoms with E-state index >= 15 is 0 Å². The fraction of sp³-hybridized carbons (Fsp3) is 0.0833. The number of carbonyl (C=O) groups excluding carboxylic acids is 1. The van der Waals surface area contributed by atoms with Crippen LogP contribution < -0.4 is 10.6 Å². The summed E-state index contributed by atoms with van der Waals surface area (Å²) in [5.74, 6) is -0.243. The Hall–Kier alpha value is -2.55. The Morgan fingerprint density at radius 1 is 1.43 bits per heavy atom. The van der Waals surface area contributed by atoms with E-state index in [0.29, 0.717) is 16.0 Å². The molecular formula is C12H10BrN5O3. The Bertz CT molecular complexity index is 707. The number of nitro groups is 1. The molecule has 2 aromatic heterocycles. The molecule has 2 rings (SSSR count). The lowest BCUT2D eigenvalue weighted by Crippen LogP contribution is -2.15. The number of hydrogen-bond acceptors (Lipinski definition) is 6. The Balaban J connectivity index is 2.38. The van der Waals surface area contributed by atoms with Gasteiger partial charge in [-0.15, -0.1) is 0 Å². The van der Waals surface area contributed by atoms with Crippen LogP contribution in [0.1, 0.15) is 10.4 Å². The number of rotatable bonds is 4. The van der Waals surface area contributed by atoms with E-state index in [4.69, 9.17) is 0 Å². The van der Waals surface area contributed by atoms with Crippen molar-refractivity contribution >= 4 is 39.0 Å². The number of nitrogens with one attached hydrogen (secondary N) is 2. The summed E-state index contributed by atoms with van der Waals surface area (Å²) in [5.41, 5.74) is 0.0202. The highest BCUT2D eigenvalue weighted by atomic mass is 79.9. The van der Waals surface area contributed by atoms with E-state index in [1.807, 2.05) is 0 Å². The first-order valence-corrected chi connectivity index (χ1v) is 6.55. The van der Waals surface area contributed by atoms with Gasteiger partial charge in [-0.3, -0.25) is 19.9 Å². The summed E-state index contributed by atoms with van der Waals surface area (Å²) in [5, 5.41) is 16.3. The summed E-state index contributed by atoms with van der Waals surface area (Å²) in [7, 11) is 1.61. The fourth-order valence-corrected chi connectivity index (χ4v) is 1.93. The Labute approximate surface area is 127 Å². The Kier molecular flexibility index (Phi) is 4.43. The summed E-state index contributed by atoms with van der Waals surface area (Å²) < 4.78 is 0.573. The van der Waals surface area contributed by atoms with Crippen molar-refractivity contribution in [2.75, 3.05) is 17.7 Å². The molecule has 0 aromatic carbocycles. The van der Waals surface area contributed by atoms with Crippen LogP contribution in [0.5, 0.6) is 0 Å². The number of carbonyl (C=O) groups is 1. The molecule has 2 aromatic rings. The molecule has 21 heavy (non-hydrogen) atoms. The van der Waals surface area contributed by atoms with Gasteiger partial charge in [0.15, 0.2) is 0 Å². The molecule has 0 aliphatic rings. The summed E-state index contributed by atoms with van der Waals surface area (Å²) in [6.07, 6.45) is 4.05. The Morgan fingerprint density at radius 3 is 2.81 bits per heavy atom. The van der Waals surface area contributed by atoms with Crippen molar-refractivity contribution in [3.8, 4) is 0 Å². The third-order valence-corrected chi connectivity index (χ3v) is 3.23. The predicted octanol–water partition coefficient (Wildman–Crippen LogP) is 2.44. The maximum Gasteiger partial charge on any atom is 0.300 e. The number of aromatic nitrogens is 2. The largest absolute Gasteiger partial charge is 0.373 e. The highest BCUT2D eigenvalue weighted by Crippen LogP contribution is 2.24. The highest BCUT2D eigenvalue weighted by Gasteiger charge is 2.22. The van der Waals surface area contributed by atoms with Crippen molar-refractivity contribution in [3.63, 3.8) is 0 Å². The second-order valence-corrected chi connectivity index (χ2v) is 4.76. The van der Waals surface area contributed by atoms with Crippen molar-refractivity contribution < 1.29 is 9.72 Å². The first-order chi connectivity index (χ1) is 10.0. The van der Waals surface area contributed by atoms with Gasteiger partial charge in [-0.25, -0.2) is 4.98 Å². The van der Waals surface area contributed by atoms with Gasteiger partial charge >= 0.3 is 0 Å². The van der Waals surface area contributed by atoms with Crippen LogP contribution in [0.25, 0.3) is 0 Å². The van der Waals surface area contributed by atoms with E-state index in [0.717, 1.165) is 6.20 Å². The highest BCUT2D eigenvalue weighted by molar-refractivity contribution is 9.10.